The van der Waals surface area contributed by atoms with Crippen molar-refractivity contribution in [3.05, 3.63) is 63.3 Å². The number of hydrogen-bond acceptors (Lipinski definition) is 5. The van der Waals surface area contributed by atoms with Crippen LogP contribution in [0.2, 0.25) is 0 Å². The van der Waals surface area contributed by atoms with Crippen molar-refractivity contribution in [2.45, 2.75) is 13.0 Å². The van der Waals surface area contributed by atoms with Gasteiger partial charge in [0.05, 0.1) is 19.2 Å². The van der Waals surface area contributed by atoms with Crippen molar-refractivity contribution in [1.82, 2.24) is 15.1 Å². The van der Waals surface area contributed by atoms with Crippen LogP contribution < -0.4 is 10.9 Å². The molecular formula is C16H15N3O3S. The van der Waals surface area contributed by atoms with Gasteiger partial charge in [0.1, 0.15) is 5.69 Å². The first kappa shape index (κ1) is 15.2. The highest BCUT2D eigenvalue weighted by molar-refractivity contribution is 7.10. The Morgan fingerprint density at radius 2 is 2.17 bits per heavy atom. The topological polar surface area (TPSA) is 77.1 Å². The lowest BCUT2D eigenvalue weighted by atomic mass is 10.3. The van der Waals surface area contributed by atoms with Crippen LogP contribution in [0.5, 0.6) is 0 Å². The number of aromatic nitrogens is 2. The van der Waals surface area contributed by atoms with E-state index in [-0.39, 0.29) is 11.5 Å². The van der Waals surface area contributed by atoms with Crippen molar-refractivity contribution < 1.29 is 9.21 Å². The van der Waals surface area contributed by atoms with E-state index in [1.807, 2.05) is 17.5 Å². The molecule has 0 aromatic carbocycles. The van der Waals surface area contributed by atoms with E-state index in [4.69, 9.17) is 4.42 Å². The van der Waals surface area contributed by atoms with Crippen LogP contribution in [-0.2, 0) is 17.8 Å². The van der Waals surface area contributed by atoms with Gasteiger partial charge in [0.2, 0.25) is 5.91 Å². The minimum absolute atomic E-state index is 0.0670. The van der Waals surface area contributed by atoms with E-state index in [0.29, 0.717) is 31.0 Å². The van der Waals surface area contributed by atoms with E-state index in [2.05, 4.69) is 10.4 Å². The zero-order valence-corrected chi connectivity index (χ0v) is 13.1. The zero-order valence-electron chi connectivity index (χ0n) is 12.3. The molecule has 0 unspecified atom stereocenters. The van der Waals surface area contributed by atoms with Gasteiger partial charge < -0.3 is 9.73 Å². The lowest BCUT2D eigenvalue weighted by molar-refractivity contribution is -0.120. The summed E-state index contributed by atoms with van der Waals surface area (Å²) in [5.41, 5.74) is 0.368. The van der Waals surface area contributed by atoms with Crippen molar-refractivity contribution in [3.63, 3.8) is 0 Å². The highest BCUT2D eigenvalue weighted by Gasteiger charge is 2.07. The predicted molar refractivity (Wildman–Crippen MR) is 87.2 cm³/mol. The Kier molecular flexibility index (Phi) is 4.68. The van der Waals surface area contributed by atoms with Crippen molar-refractivity contribution >= 4 is 17.2 Å². The number of rotatable bonds is 6. The first-order valence-electron chi connectivity index (χ1n) is 7.13. The van der Waals surface area contributed by atoms with Gasteiger partial charge in [-0.1, -0.05) is 6.07 Å². The minimum Gasteiger partial charge on any atom is -0.463 e. The van der Waals surface area contributed by atoms with Crippen molar-refractivity contribution in [1.29, 1.82) is 0 Å². The molecule has 3 aromatic heterocycles. The fraction of sp³-hybridized carbons (Fsp3) is 0.188. The van der Waals surface area contributed by atoms with Crippen LogP contribution in [0.25, 0.3) is 11.5 Å². The number of hydrogen-bond donors (Lipinski definition) is 1. The molecule has 0 spiro atoms. The summed E-state index contributed by atoms with van der Waals surface area (Å²) < 4.78 is 6.59. The van der Waals surface area contributed by atoms with E-state index in [1.165, 1.54) is 10.7 Å². The van der Waals surface area contributed by atoms with Gasteiger partial charge in [0.15, 0.2) is 5.76 Å². The third kappa shape index (κ3) is 3.95. The highest BCUT2D eigenvalue weighted by atomic mass is 32.1. The molecule has 6 nitrogen and oxygen atoms in total. The van der Waals surface area contributed by atoms with Gasteiger partial charge in [-0.25, -0.2) is 4.68 Å². The van der Waals surface area contributed by atoms with Gasteiger partial charge in [0.25, 0.3) is 5.56 Å². The first-order chi connectivity index (χ1) is 11.2. The van der Waals surface area contributed by atoms with E-state index in [9.17, 15) is 9.59 Å². The number of furan rings is 1. The van der Waals surface area contributed by atoms with Gasteiger partial charge in [-0.2, -0.15) is 5.10 Å². The molecule has 3 aromatic rings. The normalized spacial score (nSPS) is 10.6. The number of nitrogens with zero attached hydrogens (tertiary/aromatic N) is 2. The molecule has 0 aliphatic carbocycles. The molecule has 23 heavy (non-hydrogen) atoms. The molecule has 118 valence electrons. The Morgan fingerprint density at radius 3 is 2.91 bits per heavy atom. The molecule has 7 heteroatoms. The molecule has 1 N–H and O–H groups in total. The Balaban J connectivity index is 1.58. The fourth-order valence-electron chi connectivity index (χ4n) is 2.10. The molecule has 0 aliphatic rings. The molecule has 0 fully saturated rings. The van der Waals surface area contributed by atoms with E-state index >= 15 is 0 Å². The summed E-state index contributed by atoms with van der Waals surface area (Å²) in [6, 6.07) is 10.4. The van der Waals surface area contributed by atoms with Crippen molar-refractivity contribution in [2.24, 2.45) is 0 Å². The smallest absolute Gasteiger partial charge is 0.266 e. The number of carbonyl (C=O) groups is 1. The monoisotopic (exact) mass is 329 g/mol. The summed E-state index contributed by atoms with van der Waals surface area (Å²) in [7, 11) is 0. The molecule has 1 amide bonds. The van der Waals surface area contributed by atoms with Crippen LogP contribution in [0.4, 0.5) is 0 Å². The van der Waals surface area contributed by atoms with Crippen molar-refractivity contribution in [3.8, 4) is 11.5 Å². The number of carbonyl (C=O) groups excluding carboxylic acids is 1. The second-order valence-corrected chi connectivity index (χ2v) is 5.90. The Morgan fingerprint density at radius 1 is 1.26 bits per heavy atom. The second-order valence-electron chi connectivity index (χ2n) is 4.86. The summed E-state index contributed by atoms with van der Waals surface area (Å²) in [5.74, 6) is 0.531. The highest BCUT2D eigenvalue weighted by Crippen LogP contribution is 2.14. The summed E-state index contributed by atoms with van der Waals surface area (Å²) >= 11 is 1.55. The summed E-state index contributed by atoms with van der Waals surface area (Å²) in [6.45, 7) is 0.655. The maximum atomic E-state index is 11.8. The molecule has 0 bridgehead atoms. The van der Waals surface area contributed by atoms with E-state index in [1.54, 1.807) is 35.8 Å². The molecule has 0 atom stereocenters. The molecule has 3 heterocycles. The van der Waals surface area contributed by atoms with Crippen LogP contribution >= 0.6 is 11.3 Å². The average molecular weight is 329 g/mol. The average Bonchev–Trinajstić information content (AvgIpc) is 3.22. The zero-order chi connectivity index (χ0) is 16.1. The first-order valence-corrected chi connectivity index (χ1v) is 8.01. The Hall–Kier alpha value is -2.67. The SMILES string of the molecule is O=C(Cc1cccs1)NCCn1nc(-c2ccco2)ccc1=O. The van der Waals surface area contributed by atoms with Crippen LogP contribution in [0.3, 0.4) is 0 Å². The van der Waals surface area contributed by atoms with Crippen molar-refractivity contribution in [2.75, 3.05) is 6.54 Å². The summed E-state index contributed by atoms with van der Waals surface area (Å²) in [5, 5.41) is 8.98. The number of amides is 1. The molecule has 0 saturated heterocycles. The molecule has 0 aliphatic heterocycles. The summed E-state index contributed by atoms with van der Waals surface area (Å²) in [4.78, 5) is 24.7. The minimum atomic E-state index is -0.215. The van der Waals surface area contributed by atoms with Crippen LogP contribution in [0.1, 0.15) is 4.88 Å². The lowest BCUT2D eigenvalue weighted by Gasteiger charge is -2.07. The van der Waals surface area contributed by atoms with Crippen LogP contribution in [0, 0.1) is 0 Å². The quantitative estimate of drug-likeness (QED) is 0.749. The standard InChI is InChI=1S/C16H15N3O3S/c20-15(11-12-3-2-10-23-12)17-7-8-19-16(21)6-5-13(18-19)14-4-1-9-22-14/h1-6,9-10H,7-8,11H2,(H,17,20). The molecule has 0 saturated carbocycles. The van der Waals surface area contributed by atoms with Crippen LogP contribution in [0.15, 0.2) is 57.3 Å². The molecular weight excluding hydrogens is 314 g/mol. The molecule has 3 rings (SSSR count). The number of nitrogens with one attached hydrogen (secondary N) is 1. The fourth-order valence-corrected chi connectivity index (χ4v) is 2.80. The maximum absolute atomic E-state index is 11.8. The summed E-state index contributed by atoms with van der Waals surface area (Å²) in [6.07, 6.45) is 1.91. The lowest BCUT2D eigenvalue weighted by Crippen LogP contribution is -2.32. The van der Waals surface area contributed by atoms with Gasteiger partial charge in [-0.3, -0.25) is 9.59 Å². The Labute approximate surface area is 136 Å². The van der Waals surface area contributed by atoms with Gasteiger partial charge in [-0.05, 0) is 29.6 Å². The van der Waals surface area contributed by atoms with Gasteiger partial charge in [-0.15, -0.1) is 11.3 Å². The van der Waals surface area contributed by atoms with E-state index < -0.39 is 0 Å². The number of thiophene rings is 1. The van der Waals surface area contributed by atoms with Gasteiger partial charge >= 0.3 is 0 Å². The Bertz CT molecular complexity index is 823. The predicted octanol–water partition coefficient (Wildman–Crippen LogP) is 1.92. The maximum Gasteiger partial charge on any atom is 0.266 e. The largest absolute Gasteiger partial charge is 0.463 e. The third-order valence-corrected chi connectivity index (χ3v) is 4.08. The third-order valence-electron chi connectivity index (χ3n) is 3.20. The molecule has 0 radical (unpaired) electrons. The van der Waals surface area contributed by atoms with Gasteiger partial charge in [0, 0.05) is 17.5 Å². The second kappa shape index (κ2) is 7.06. The van der Waals surface area contributed by atoms with E-state index in [0.717, 1.165) is 4.88 Å². The van der Waals surface area contributed by atoms with Crippen LogP contribution in [-0.4, -0.2) is 22.2 Å².